The van der Waals surface area contributed by atoms with Gasteiger partial charge in [-0.1, -0.05) is 71.6 Å². The number of hydrogen-bond acceptors (Lipinski definition) is 0. The fourth-order valence-electron chi connectivity index (χ4n) is 5.76. The Bertz CT molecular complexity index is 1580. The third-order valence-electron chi connectivity index (χ3n) is 7.93. The van der Waals surface area contributed by atoms with E-state index in [2.05, 4.69) is 172 Å². The Hall–Kier alpha value is -1.36. The molecule has 46 heavy (non-hydrogen) atoms. The molecule has 0 radical (unpaired) electrons. The number of allylic oxidation sites excluding steroid dienone is 4. The zero-order valence-electron chi connectivity index (χ0n) is 28.1. The van der Waals surface area contributed by atoms with Gasteiger partial charge in [0.25, 0.3) is 0 Å². The largest absolute Gasteiger partial charge is 0.273 e. The summed E-state index contributed by atoms with van der Waals surface area (Å²) in [6.07, 6.45) is 11.0. The number of rotatable bonds is 2. The van der Waals surface area contributed by atoms with Gasteiger partial charge in [0.2, 0.25) is 0 Å². The quantitative estimate of drug-likeness (QED) is 0.122. The van der Waals surface area contributed by atoms with E-state index in [0.717, 1.165) is 45.7 Å². The molecule has 2 aliphatic carbocycles. The summed E-state index contributed by atoms with van der Waals surface area (Å²) in [5.74, 6) is 0. The van der Waals surface area contributed by atoms with E-state index >= 15 is 0 Å². The van der Waals surface area contributed by atoms with Crippen LogP contribution in [0.3, 0.4) is 0 Å². The maximum Gasteiger partial charge on any atom is -0.0129 e. The van der Waals surface area contributed by atoms with E-state index in [1.807, 2.05) is 12.2 Å². The third kappa shape index (κ3) is 10.6. The van der Waals surface area contributed by atoms with Gasteiger partial charge in [-0.25, -0.2) is 12.2 Å². The fourth-order valence-corrected chi connectivity index (χ4v) is 7.49. The zero-order valence-corrected chi connectivity index (χ0v) is 36.5. The molecule has 5 heteroatoms. The van der Waals surface area contributed by atoms with Gasteiger partial charge in [0, 0.05) is 0 Å². The van der Waals surface area contributed by atoms with Crippen LogP contribution in [0.4, 0.5) is 0 Å². The van der Waals surface area contributed by atoms with Crippen molar-refractivity contribution >= 4 is 59.9 Å². The smallest absolute Gasteiger partial charge is 0.0129 e. The van der Waals surface area contributed by atoms with Crippen LogP contribution in [0.1, 0.15) is 92.5 Å². The molecule has 0 bridgehead atoms. The van der Waals surface area contributed by atoms with Crippen molar-refractivity contribution in [3.05, 3.63) is 151 Å². The number of benzene rings is 4. The number of fused-ring (bicyclic) bond motifs is 3. The molecule has 0 amide bonds. The summed E-state index contributed by atoms with van der Waals surface area (Å²) >= 11 is 7.96. The van der Waals surface area contributed by atoms with Crippen molar-refractivity contribution < 1.29 is 23.9 Å². The Kier molecular flexibility index (Phi) is 15.4. The summed E-state index contributed by atoms with van der Waals surface area (Å²) < 4.78 is 3.68. The maximum absolute atomic E-state index is 3.69. The van der Waals surface area contributed by atoms with Crippen molar-refractivity contribution in [2.45, 2.75) is 79.1 Å². The molecule has 6 rings (SSSR count). The van der Waals surface area contributed by atoms with E-state index in [0.29, 0.717) is 0 Å². The van der Waals surface area contributed by atoms with Gasteiger partial charge >= 0.3 is 128 Å². The van der Waals surface area contributed by atoms with E-state index in [1.54, 1.807) is 0 Å². The molecule has 2 aliphatic rings. The van der Waals surface area contributed by atoms with Gasteiger partial charge in [-0.3, -0.25) is 6.08 Å². The van der Waals surface area contributed by atoms with Crippen LogP contribution >= 0.6 is 56.7 Å². The molecule has 0 spiro atoms. The molecule has 240 valence electrons. The molecule has 0 nitrogen and oxygen atoms in total. The minimum Gasteiger partial charge on any atom is -0.273 e. The first kappa shape index (κ1) is 40.8. The van der Waals surface area contributed by atoms with Gasteiger partial charge in [-0.15, -0.1) is 47.9 Å². The molecule has 4 aromatic rings. The molecule has 0 unspecified atom stereocenters. The molecular weight excluding hydrogens is 902 g/mol. The number of aryl methyl sites for hydroxylation is 2. The van der Waals surface area contributed by atoms with Crippen molar-refractivity contribution in [3.8, 4) is 11.1 Å². The first-order valence-corrected chi connectivity index (χ1v) is 18.6. The maximum atomic E-state index is 3.69. The van der Waals surface area contributed by atoms with Crippen LogP contribution in [0.5, 0.6) is 0 Å². The predicted molar refractivity (Wildman–Crippen MR) is 208 cm³/mol. The molecule has 0 aliphatic heterocycles. The van der Waals surface area contributed by atoms with E-state index in [1.165, 1.54) is 58.9 Å². The second-order valence-electron chi connectivity index (χ2n) is 13.6. The molecule has 0 fully saturated rings. The minimum atomic E-state index is 0. The van der Waals surface area contributed by atoms with Crippen LogP contribution in [-0.2, 0) is 41.1 Å². The van der Waals surface area contributed by atoms with Crippen LogP contribution in [-0.4, -0.2) is 3.26 Å². The Morgan fingerprint density at radius 3 is 1.63 bits per heavy atom. The molecule has 0 N–H and O–H groups in total. The minimum absolute atomic E-state index is 0. The summed E-state index contributed by atoms with van der Waals surface area (Å²) in [5.41, 5.74) is 14.2. The number of hydrogen-bond donors (Lipinski definition) is 0. The summed E-state index contributed by atoms with van der Waals surface area (Å²) in [5, 5.41) is 0. The first-order chi connectivity index (χ1) is 20.6. The second-order valence-corrected chi connectivity index (χ2v) is 17.2. The van der Waals surface area contributed by atoms with Crippen molar-refractivity contribution in [1.29, 1.82) is 0 Å². The summed E-state index contributed by atoms with van der Waals surface area (Å²) in [4.78, 5) is 0. The average Bonchev–Trinajstić information content (AvgIpc) is 3.63. The first-order valence-electron chi connectivity index (χ1n) is 15.2. The predicted octanol–water partition coefficient (Wildman–Crippen LogP) is 12.7. The molecule has 4 aromatic carbocycles. The molecule has 0 heterocycles. The van der Waals surface area contributed by atoms with Gasteiger partial charge in [0.1, 0.15) is 0 Å². The molecule has 0 saturated carbocycles. The Balaban J connectivity index is 0.000000278. The second kappa shape index (κ2) is 17.3. The summed E-state index contributed by atoms with van der Waals surface area (Å²) in [6.45, 7) is 18.2. The van der Waals surface area contributed by atoms with E-state index in [-0.39, 0.29) is 35.6 Å². The van der Waals surface area contributed by atoms with E-state index in [4.69, 9.17) is 0 Å². The summed E-state index contributed by atoms with van der Waals surface area (Å²) in [6, 6.07) is 28.0. The van der Waals surface area contributed by atoms with Crippen molar-refractivity contribution in [1.82, 2.24) is 0 Å². The SMILES string of the molecule is Brc1ccc([C](=[Hf+2])c2ccc(Br)cc2)cc1.Cc1[c-]c2c(cc1C(C)(C)C)-c1cc(C(C)(C)C)c(C)cc1C2.Cl.Cl.[C-]1=CC=CC1. The standard InChI is InChI=1S/C23H29.C13H8Br2.C5H5.2ClH.Hf/c1-14-9-16-11-17-10-15(2)21(23(6,7)8)13-19(17)18(16)12-20(14)22(3,4)5;14-12-5-1-10(2-6-12)9-11-3-7-13(15)8-4-11;1-2-4-5-3-1;;;/h9,12-13H,11H2,1-8H3;1-8H;1-3H,4H2;2*1H;/q-1;;-1;;;+2. The fraction of sp³-hybridized carbons (Fsp3) is 0.293. The monoisotopic (exact) mass is 944 g/mol. The van der Waals surface area contributed by atoms with Crippen molar-refractivity contribution in [3.63, 3.8) is 0 Å². The molecule has 0 saturated heterocycles. The van der Waals surface area contributed by atoms with Crippen LogP contribution < -0.4 is 0 Å². The Morgan fingerprint density at radius 1 is 0.717 bits per heavy atom. The zero-order chi connectivity index (χ0) is 32.2. The van der Waals surface area contributed by atoms with E-state index in [9.17, 15) is 0 Å². The van der Waals surface area contributed by atoms with Gasteiger partial charge in [0.15, 0.2) is 0 Å². The molecule has 0 atom stereocenters. The van der Waals surface area contributed by atoms with E-state index < -0.39 is 0 Å². The molecule has 0 aromatic heterocycles. The van der Waals surface area contributed by atoms with Crippen LogP contribution in [0, 0.1) is 26.0 Å². The topological polar surface area (TPSA) is 0 Å². The average molecular weight is 946 g/mol. The van der Waals surface area contributed by atoms with Crippen molar-refractivity contribution in [2.75, 3.05) is 0 Å². The van der Waals surface area contributed by atoms with Crippen LogP contribution in [0.25, 0.3) is 11.1 Å². The Labute approximate surface area is 321 Å². The van der Waals surface area contributed by atoms with Crippen LogP contribution in [0.2, 0.25) is 0 Å². The number of halogens is 4. The van der Waals surface area contributed by atoms with Gasteiger partial charge < -0.3 is 0 Å². The van der Waals surface area contributed by atoms with Gasteiger partial charge in [0.05, 0.1) is 0 Å². The summed E-state index contributed by atoms with van der Waals surface area (Å²) in [7, 11) is 0. The van der Waals surface area contributed by atoms with Gasteiger partial charge in [-0.2, -0.15) is 23.8 Å². The van der Waals surface area contributed by atoms with Crippen molar-refractivity contribution in [2.24, 2.45) is 0 Å². The van der Waals surface area contributed by atoms with Gasteiger partial charge in [-0.05, 0) is 35.4 Å². The normalized spacial score (nSPS) is 12.4. The molecular formula is C41H44Br2Cl2Hf. The Morgan fingerprint density at radius 2 is 1.22 bits per heavy atom. The third-order valence-corrected chi connectivity index (χ3v) is 11.1. The van der Waals surface area contributed by atoms with Crippen LogP contribution in [0.15, 0.2) is 93.9 Å².